The van der Waals surface area contributed by atoms with E-state index in [2.05, 4.69) is 82.6 Å². The Morgan fingerprint density at radius 3 is 2.31 bits per heavy atom. The van der Waals surface area contributed by atoms with Gasteiger partial charge in [0.1, 0.15) is 11.5 Å². The van der Waals surface area contributed by atoms with Crippen molar-refractivity contribution in [1.29, 1.82) is 0 Å². The van der Waals surface area contributed by atoms with Gasteiger partial charge in [0, 0.05) is 56.5 Å². The number of carbonyl (C=O) groups is 1. The number of nitrogens with one attached hydrogen (secondary N) is 1. The van der Waals surface area contributed by atoms with Crippen molar-refractivity contribution in [1.82, 2.24) is 20.2 Å². The lowest BCUT2D eigenvalue weighted by Crippen LogP contribution is -2.63. The molecule has 2 aromatic carbocycles. The Labute approximate surface area is 267 Å². The van der Waals surface area contributed by atoms with Gasteiger partial charge in [-0.1, -0.05) is 73.0 Å². The largest absolute Gasteiger partial charge is 0.381 e. The molecule has 4 heterocycles. The molecule has 7 nitrogen and oxygen atoms in total. The van der Waals surface area contributed by atoms with Crippen LogP contribution < -0.4 is 5.32 Å². The lowest BCUT2D eigenvalue weighted by molar-refractivity contribution is -0.0578. The third kappa shape index (κ3) is 6.49. The van der Waals surface area contributed by atoms with Crippen molar-refractivity contribution in [3.63, 3.8) is 0 Å². The molecule has 0 radical (unpaired) electrons. The van der Waals surface area contributed by atoms with Gasteiger partial charge in [-0.3, -0.25) is 9.69 Å². The molecule has 3 aliphatic heterocycles. The molecule has 1 N–H and O–H groups in total. The first kappa shape index (κ1) is 30.3. The highest BCUT2D eigenvalue weighted by atomic mass is 16.5. The summed E-state index contributed by atoms with van der Waals surface area (Å²) in [5.41, 5.74) is 8.77. The van der Waals surface area contributed by atoms with Crippen LogP contribution in [0.5, 0.6) is 0 Å². The second-order valence-corrected chi connectivity index (χ2v) is 13.7. The molecule has 4 aliphatic rings. The highest BCUT2D eigenvalue weighted by Gasteiger charge is 2.52. The van der Waals surface area contributed by atoms with Crippen LogP contribution in [-0.4, -0.2) is 66.3 Å². The predicted octanol–water partition coefficient (Wildman–Crippen LogP) is 6.64. The molecule has 0 bridgehead atoms. The van der Waals surface area contributed by atoms with E-state index in [1.54, 1.807) is 17.8 Å². The molecule has 1 aliphatic carbocycles. The summed E-state index contributed by atoms with van der Waals surface area (Å²) in [6, 6.07) is 20.2. The van der Waals surface area contributed by atoms with Crippen molar-refractivity contribution in [2.24, 2.45) is 5.41 Å². The van der Waals surface area contributed by atoms with E-state index in [1.165, 1.54) is 54.6 Å². The minimum Gasteiger partial charge on any atom is -0.381 e. The first-order valence-electron chi connectivity index (χ1n) is 16.9. The van der Waals surface area contributed by atoms with Gasteiger partial charge in [0.05, 0.1) is 12.6 Å². The molecule has 3 aromatic rings. The average molecular weight is 607 g/mol. The fourth-order valence-corrected chi connectivity index (χ4v) is 7.81. The second-order valence-electron chi connectivity index (χ2n) is 13.7. The molecule has 1 amide bonds. The van der Waals surface area contributed by atoms with Crippen LogP contribution in [0.2, 0.25) is 0 Å². The van der Waals surface area contributed by atoms with Crippen LogP contribution in [0.4, 0.5) is 0 Å². The third-order valence-corrected chi connectivity index (χ3v) is 10.3. The lowest BCUT2D eigenvalue weighted by atomic mass is 9.58. The zero-order valence-electron chi connectivity index (χ0n) is 26.8. The molecule has 1 saturated carbocycles. The van der Waals surface area contributed by atoms with Crippen molar-refractivity contribution in [3.05, 3.63) is 100 Å². The molecule has 7 heteroatoms. The number of amides is 1. The van der Waals surface area contributed by atoms with Gasteiger partial charge in [0.2, 0.25) is 0 Å². The van der Waals surface area contributed by atoms with E-state index in [0.717, 1.165) is 63.5 Å². The fourth-order valence-electron chi connectivity index (χ4n) is 7.81. The summed E-state index contributed by atoms with van der Waals surface area (Å²) in [5, 5.41) is 3.29. The first-order chi connectivity index (χ1) is 22.0. The van der Waals surface area contributed by atoms with Gasteiger partial charge >= 0.3 is 0 Å². The quantitative estimate of drug-likeness (QED) is 0.295. The molecule has 1 spiro atoms. The van der Waals surface area contributed by atoms with Crippen molar-refractivity contribution in [2.45, 2.75) is 76.8 Å². The van der Waals surface area contributed by atoms with Gasteiger partial charge in [-0.05, 0) is 73.8 Å². The van der Waals surface area contributed by atoms with Gasteiger partial charge in [-0.25, -0.2) is 9.97 Å². The Morgan fingerprint density at radius 1 is 0.956 bits per heavy atom. The molecule has 236 valence electrons. The van der Waals surface area contributed by atoms with Gasteiger partial charge in [0.15, 0.2) is 0 Å². The molecular formula is C38H46N4O3. The van der Waals surface area contributed by atoms with Crippen LogP contribution in [-0.2, 0) is 9.47 Å². The summed E-state index contributed by atoms with van der Waals surface area (Å²) in [6.07, 6.45) is 8.85. The van der Waals surface area contributed by atoms with E-state index < -0.39 is 0 Å². The SMILES string of the molecule is CCCC(NC(=O)c1ccnc(C2CCOCC2)n1)c1ccc(C(=C2CC3(C2)CN(C2CCOC2)C3)c2ccc(C)cc2)cc1. The monoisotopic (exact) mass is 606 g/mol. The van der Waals surface area contributed by atoms with E-state index in [1.807, 2.05) is 0 Å². The summed E-state index contributed by atoms with van der Waals surface area (Å²) in [4.78, 5) is 25.2. The van der Waals surface area contributed by atoms with Gasteiger partial charge < -0.3 is 14.8 Å². The van der Waals surface area contributed by atoms with E-state index in [9.17, 15) is 4.79 Å². The summed E-state index contributed by atoms with van der Waals surface area (Å²) >= 11 is 0. The Kier molecular flexibility index (Phi) is 8.85. The van der Waals surface area contributed by atoms with Crippen LogP contribution in [0.25, 0.3) is 5.57 Å². The number of carbonyl (C=O) groups excluding carboxylic acids is 1. The van der Waals surface area contributed by atoms with Crippen molar-refractivity contribution in [3.8, 4) is 0 Å². The molecule has 2 atom stereocenters. The zero-order chi connectivity index (χ0) is 30.8. The third-order valence-electron chi connectivity index (χ3n) is 10.3. The minimum atomic E-state index is -0.144. The number of aryl methyl sites for hydroxylation is 1. The molecule has 45 heavy (non-hydrogen) atoms. The van der Waals surface area contributed by atoms with Gasteiger partial charge in [-0.2, -0.15) is 0 Å². The van der Waals surface area contributed by atoms with E-state index >= 15 is 0 Å². The van der Waals surface area contributed by atoms with E-state index in [-0.39, 0.29) is 17.9 Å². The summed E-state index contributed by atoms with van der Waals surface area (Å²) in [5.74, 6) is 0.853. The normalized spacial score (nSPS) is 22.1. The zero-order valence-corrected chi connectivity index (χ0v) is 26.8. The number of hydrogen-bond donors (Lipinski definition) is 1. The maximum absolute atomic E-state index is 13.4. The van der Waals surface area contributed by atoms with Crippen molar-refractivity contribution < 1.29 is 14.3 Å². The summed E-state index contributed by atoms with van der Waals surface area (Å²) < 4.78 is 11.1. The predicted molar refractivity (Wildman–Crippen MR) is 176 cm³/mol. The Morgan fingerprint density at radius 2 is 1.64 bits per heavy atom. The summed E-state index contributed by atoms with van der Waals surface area (Å²) in [7, 11) is 0. The number of rotatable bonds is 9. The minimum absolute atomic E-state index is 0.0824. The maximum atomic E-state index is 13.4. The van der Waals surface area contributed by atoms with Crippen molar-refractivity contribution >= 4 is 11.5 Å². The Hall–Kier alpha value is -3.39. The van der Waals surface area contributed by atoms with Crippen LogP contribution in [0.3, 0.4) is 0 Å². The number of ether oxygens (including phenoxy) is 2. The molecule has 4 fully saturated rings. The van der Waals surface area contributed by atoms with Crippen LogP contribution in [0.15, 0.2) is 66.4 Å². The van der Waals surface area contributed by atoms with Crippen LogP contribution in [0, 0.1) is 12.3 Å². The Balaban J connectivity index is 1.08. The molecule has 1 aromatic heterocycles. The lowest BCUT2D eigenvalue weighted by Gasteiger charge is -2.59. The topological polar surface area (TPSA) is 76.6 Å². The number of nitrogens with zero attached hydrogens (tertiary/aromatic N) is 3. The summed E-state index contributed by atoms with van der Waals surface area (Å²) in [6.45, 7) is 9.96. The molecule has 3 saturated heterocycles. The van der Waals surface area contributed by atoms with Crippen LogP contribution >= 0.6 is 0 Å². The van der Waals surface area contributed by atoms with E-state index in [4.69, 9.17) is 9.47 Å². The molecule has 2 unspecified atom stereocenters. The number of benzene rings is 2. The van der Waals surface area contributed by atoms with Gasteiger partial charge in [0.25, 0.3) is 5.91 Å². The smallest absolute Gasteiger partial charge is 0.270 e. The fraction of sp³-hybridized carbons (Fsp3) is 0.500. The number of hydrogen-bond acceptors (Lipinski definition) is 6. The Bertz CT molecular complexity index is 1510. The number of allylic oxidation sites excluding steroid dienone is 1. The molecule has 7 rings (SSSR count). The highest BCUT2D eigenvalue weighted by molar-refractivity contribution is 5.92. The first-order valence-corrected chi connectivity index (χ1v) is 16.9. The van der Waals surface area contributed by atoms with Gasteiger partial charge in [-0.15, -0.1) is 0 Å². The number of likely N-dealkylation sites (tertiary alicyclic amines) is 1. The van der Waals surface area contributed by atoms with Crippen LogP contribution in [0.1, 0.15) is 102 Å². The highest BCUT2D eigenvalue weighted by Crippen LogP contribution is 2.55. The molecular weight excluding hydrogens is 560 g/mol. The van der Waals surface area contributed by atoms with E-state index in [0.29, 0.717) is 17.2 Å². The number of aromatic nitrogens is 2. The maximum Gasteiger partial charge on any atom is 0.270 e. The second kappa shape index (κ2) is 13.1. The van der Waals surface area contributed by atoms with Crippen molar-refractivity contribution in [2.75, 3.05) is 39.5 Å². The standard InChI is InChI=1S/C38H46N4O3/c1-3-4-33(41-37(43)34-13-17-39-36(40-34)30-14-18-44-19-15-30)27-9-11-29(12-10-27)35(28-7-5-26(2)6-8-28)31-21-38(22-31)24-42(25-38)32-16-20-45-23-32/h5-13,17,30,32-33H,3-4,14-16,18-25H2,1-2H3,(H,41,43). The average Bonchev–Trinajstić information content (AvgIpc) is 3.57.